The fraction of sp³-hybridized carbons (Fsp3) is 0.778. The molecule has 0 spiro atoms. The van der Waals surface area contributed by atoms with Crippen LogP contribution in [0.2, 0.25) is 0 Å². The van der Waals surface area contributed by atoms with Gasteiger partial charge in [0.2, 0.25) is 0 Å². The Kier molecular flexibility index (Phi) is 1.53. The molecule has 1 nitrogen and oxygen atoms in total. The largest absolute Gasteiger partial charge is 0.294 e. The summed E-state index contributed by atoms with van der Waals surface area (Å²) in [4.78, 5) is 2.51. The van der Waals surface area contributed by atoms with Gasteiger partial charge < -0.3 is 0 Å². The Morgan fingerprint density at radius 2 is 1.60 bits per heavy atom. The molecule has 1 heteroatoms. The average molecular weight is 137 g/mol. The van der Waals surface area contributed by atoms with E-state index in [1.807, 2.05) is 0 Å². The predicted molar refractivity (Wildman–Crippen MR) is 42.9 cm³/mol. The van der Waals surface area contributed by atoms with Gasteiger partial charge in [0.15, 0.2) is 0 Å². The van der Waals surface area contributed by atoms with Crippen molar-refractivity contribution in [3.8, 4) is 0 Å². The standard InChI is InChI=1S/C9H15N/c1-10-8-4-2-3-5-9(10)7-6-8/h6-9H,2-5H2,1H3. The number of nitrogens with zero attached hydrogens (tertiary/aromatic N) is 1. The van der Waals surface area contributed by atoms with E-state index in [9.17, 15) is 0 Å². The molecule has 2 bridgehead atoms. The molecule has 0 aromatic rings. The van der Waals surface area contributed by atoms with Gasteiger partial charge in [-0.05, 0) is 19.9 Å². The van der Waals surface area contributed by atoms with Gasteiger partial charge in [-0.25, -0.2) is 0 Å². The van der Waals surface area contributed by atoms with Gasteiger partial charge >= 0.3 is 0 Å². The molecule has 2 heterocycles. The third-order valence-corrected chi connectivity index (χ3v) is 2.85. The van der Waals surface area contributed by atoms with E-state index in [2.05, 4.69) is 24.1 Å². The van der Waals surface area contributed by atoms with Crippen LogP contribution < -0.4 is 0 Å². The molecule has 2 rings (SSSR count). The highest BCUT2D eigenvalue weighted by molar-refractivity contribution is 5.10. The summed E-state index contributed by atoms with van der Waals surface area (Å²) in [6, 6.07) is 1.54. The Hall–Kier alpha value is -0.300. The molecule has 0 aromatic carbocycles. The van der Waals surface area contributed by atoms with Gasteiger partial charge in [-0.3, -0.25) is 4.90 Å². The van der Waals surface area contributed by atoms with Crippen LogP contribution in [-0.4, -0.2) is 24.0 Å². The first-order valence-corrected chi connectivity index (χ1v) is 4.28. The van der Waals surface area contributed by atoms with E-state index >= 15 is 0 Å². The Morgan fingerprint density at radius 1 is 1.10 bits per heavy atom. The van der Waals surface area contributed by atoms with E-state index < -0.39 is 0 Å². The highest BCUT2D eigenvalue weighted by Gasteiger charge is 2.26. The minimum atomic E-state index is 0.771. The Labute approximate surface area is 62.7 Å². The molecule has 56 valence electrons. The number of likely N-dealkylation sites (N-methyl/N-ethyl adjacent to an activating group) is 1. The molecular weight excluding hydrogens is 122 g/mol. The van der Waals surface area contributed by atoms with Gasteiger partial charge in [0, 0.05) is 12.1 Å². The molecule has 1 fully saturated rings. The van der Waals surface area contributed by atoms with Crippen molar-refractivity contribution in [2.24, 2.45) is 0 Å². The molecule has 0 aliphatic carbocycles. The Morgan fingerprint density at radius 3 is 2.10 bits per heavy atom. The third kappa shape index (κ3) is 0.891. The first-order chi connectivity index (χ1) is 4.88. The third-order valence-electron chi connectivity index (χ3n) is 2.85. The summed E-state index contributed by atoms with van der Waals surface area (Å²) in [7, 11) is 2.25. The zero-order valence-corrected chi connectivity index (χ0v) is 6.59. The first-order valence-electron chi connectivity index (χ1n) is 4.28. The fourth-order valence-electron chi connectivity index (χ4n) is 2.08. The number of hydrogen-bond donors (Lipinski definition) is 0. The Balaban J connectivity index is 2.14. The smallest absolute Gasteiger partial charge is 0.0281 e. The second-order valence-corrected chi connectivity index (χ2v) is 3.47. The van der Waals surface area contributed by atoms with E-state index in [4.69, 9.17) is 0 Å². The van der Waals surface area contributed by atoms with Crippen LogP contribution in [0.5, 0.6) is 0 Å². The maximum atomic E-state index is 2.51. The van der Waals surface area contributed by atoms with E-state index in [1.54, 1.807) is 0 Å². The summed E-state index contributed by atoms with van der Waals surface area (Å²) in [6.07, 6.45) is 10.4. The van der Waals surface area contributed by atoms with Crippen LogP contribution >= 0.6 is 0 Å². The highest BCUT2D eigenvalue weighted by atomic mass is 15.2. The molecular formula is C9H15N. The normalized spacial score (nSPS) is 40.1. The average Bonchev–Trinajstić information content (AvgIpc) is 2.06. The zero-order valence-electron chi connectivity index (χ0n) is 6.59. The van der Waals surface area contributed by atoms with Crippen LogP contribution in [0.3, 0.4) is 0 Å². The van der Waals surface area contributed by atoms with Gasteiger partial charge in [0.05, 0.1) is 0 Å². The lowest BCUT2D eigenvalue weighted by atomic mass is 10.1. The molecule has 2 atom stereocenters. The van der Waals surface area contributed by atoms with Crippen molar-refractivity contribution >= 4 is 0 Å². The lowest BCUT2D eigenvalue weighted by molar-refractivity contribution is 0.262. The maximum absolute atomic E-state index is 2.51. The Bertz CT molecular complexity index is 135. The molecule has 2 unspecified atom stereocenters. The molecule has 0 radical (unpaired) electrons. The molecule has 0 aromatic heterocycles. The number of rotatable bonds is 0. The summed E-state index contributed by atoms with van der Waals surface area (Å²) >= 11 is 0. The minimum absolute atomic E-state index is 0.771. The van der Waals surface area contributed by atoms with Crippen LogP contribution in [-0.2, 0) is 0 Å². The quantitative estimate of drug-likeness (QED) is 0.460. The molecule has 2 aliphatic rings. The lowest BCUT2D eigenvalue weighted by Crippen LogP contribution is -2.31. The topological polar surface area (TPSA) is 3.24 Å². The lowest BCUT2D eigenvalue weighted by Gasteiger charge is -2.22. The zero-order chi connectivity index (χ0) is 6.97. The molecule has 0 N–H and O–H groups in total. The summed E-state index contributed by atoms with van der Waals surface area (Å²) in [5.41, 5.74) is 0. The van der Waals surface area contributed by atoms with Gasteiger partial charge in [-0.15, -0.1) is 0 Å². The fourth-order valence-corrected chi connectivity index (χ4v) is 2.08. The van der Waals surface area contributed by atoms with Crippen molar-refractivity contribution in [2.75, 3.05) is 7.05 Å². The first kappa shape index (κ1) is 6.41. The van der Waals surface area contributed by atoms with Crippen molar-refractivity contribution < 1.29 is 0 Å². The second kappa shape index (κ2) is 2.39. The van der Waals surface area contributed by atoms with E-state index in [0.717, 1.165) is 12.1 Å². The van der Waals surface area contributed by atoms with Crippen LogP contribution in [0.4, 0.5) is 0 Å². The SMILES string of the molecule is CN1C2C=CC1CCCC2. The highest BCUT2D eigenvalue weighted by Crippen LogP contribution is 2.26. The predicted octanol–water partition coefficient (Wildman–Crippen LogP) is 1.80. The monoisotopic (exact) mass is 137 g/mol. The van der Waals surface area contributed by atoms with Crippen molar-refractivity contribution in [3.63, 3.8) is 0 Å². The van der Waals surface area contributed by atoms with Crippen LogP contribution in [0.15, 0.2) is 12.2 Å². The van der Waals surface area contributed by atoms with Gasteiger partial charge in [-0.2, -0.15) is 0 Å². The van der Waals surface area contributed by atoms with Crippen molar-refractivity contribution in [1.29, 1.82) is 0 Å². The summed E-state index contributed by atoms with van der Waals surface area (Å²) in [6.45, 7) is 0. The summed E-state index contributed by atoms with van der Waals surface area (Å²) in [5.74, 6) is 0. The molecule has 1 saturated heterocycles. The second-order valence-electron chi connectivity index (χ2n) is 3.47. The van der Waals surface area contributed by atoms with Gasteiger partial charge in [0.25, 0.3) is 0 Å². The van der Waals surface area contributed by atoms with Crippen molar-refractivity contribution in [2.45, 2.75) is 37.8 Å². The number of fused-ring (bicyclic) bond motifs is 2. The van der Waals surface area contributed by atoms with Gasteiger partial charge in [-0.1, -0.05) is 25.0 Å². The van der Waals surface area contributed by atoms with Crippen LogP contribution in [0.25, 0.3) is 0 Å². The van der Waals surface area contributed by atoms with Crippen LogP contribution in [0, 0.1) is 0 Å². The molecule has 0 amide bonds. The van der Waals surface area contributed by atoms with E-state index in [0.29, 0.717) is 0 Å². The number of hydrogen-bond acceptors (Lipinski definition) is 1. The summed E-state index contributed by atoms with van der Waals surface area (Å²) in [5, 5.41) is 0. The molecule has 2 aliphatic heterocycles. The maximum Gasteiger partial charge on any atom is 0.0281 e. The minimum Gasteiger partial charge on any atom is -0.294 e. The van der Waals surface area contributed by atoms with Gasteiger partial charge in [0.1, 0.15) is 0 Å². The molecule has 10 heavy (non-hydrogen) atoms. The van der Waals surface area contributed by atoms with E-state index in [-0.39, 0.29) is 0 Å². The van der Waals surface area contributed by atoms with E-state index in [1.165, 1.54) is 25.7 Å². The molecule has 0 saturated carbocycles. The van der Waals surface area contributed by atoms with Crippen LogP contribution in [0.1, 0.15) is 25.7 Å². The summed E-state index contributed by atoms with van der Waals surface area (Å²) < 4.78 is 0. The van der Waals surface area contributed by atoms with Crippen molar-refractivity contribution in [1.82, 2.24) is 4.90 Å². The van der Waals surface area contributed by atoms with Crippen molar-refractivity contribution in [3.05, 3.63) is 12.2 Å².